The van der Waals surface area contributed by atoms with Crippen molar-refractivity contribution in [1.82, 2.24) is 19.8 Å². The summed E-state index contributed by atoms with van der Waals surface area (Å²) in [5, 5.41) is 3.50. The van der Waals surface area contributed by atoms with Gasteiger partial charge in [0.25, 0.3) is 5.56 Å². The first-order chi connectivity index (χ1) is 14.1. The lowest BCUT2D eigenvalue weighted by Gasteiger charge is -2.34. The average Bonchev–Trinajstić information content (AvgIpc) is 2.74. The number of benzene rings is 2. The third kappa shape index (κ3) is 4.22. The maximum atomic E-state index is 12.6. The lowest BCUT2D eigenvalue weighted by atomic mass is 10.2. The Hall–Kier alpha value is -3.39. The van der Waals surface area contributed by atoms with Crippen LogP contribution >= 0.6 is 0 Å². The molecule has 0 unspecified atom stereocenters. The number of nitrogens with zero attached hydrogens (tertiary/aromatic N) is 3. The number of hydrogen-bond acceptors (Lipinski definition) is 5. The molecule has 2 N–H and O–H groups in total. The molecule has 29 heavy (non-hydrogen) atoms. The van der Waals surface area contributed by atoms with Crippen LogP contribution in [0, 0.1) is 0 Å². The molecule has 1 saturated heterocycles. The Kier molecular flexibility index (Phi) is 5.44. The zero-order valence-corrected chi connectivity index (χ0v) is 16.2. The molecule has 0 bridgehead atoms. The Balaban J connectivity index is 1.36. The summed E-state index contributed by atoms with van der Waals surface area (Å²) in [6, 6.07) is 14.5. The van der Waals surface area contributed by atoms with Gasteiger partial charge in [-0.3, -0.25) is 9.69 Å². The van der Waals surface area contributed by atoms with Gasteiger partial charge < -0.3 is 19.9 Å². The molecule has 8 nitrogen and oxygen atoms in total. The zero-order valence-electron chi connectivity index (χ0n) is 16.2. The minimum atomic E-state index is -0.147. The van der Waals surface area contributed by atoms with Gasteiger partial charge in [-0.15, -0.1) is 0 Å². The molecule has 4 rings (SSSR count). The first kappa shape index (κ1) is 18.9. The molecule has 1 aliphatic rings. The number of ether oxygens (including phenoxy) is 1. The van der Waals surface area contributed by atoms with Crippen LogP contribution in [0.15, 0.2) is 53.3 Å². The molecule has 3 aromatic rings. The number of aromatic amines is 1. The molecular weight excluding hydrogens is 370 g/mol. The number of anilines is 1. The quantitative estimate of drug-likeness (QED) is 0.710. The summed E-state index contributed by atoms with van der Waals surface area (Å²) in [6.45, 7) is 3.14. The Morgan fingerprint density at radius 2 is 1.83 bits per heavy atom. The number of urea groups is 1. The van der Waals surface area contributed by atoms with Crippen molar-refractivity contribution < 1.29 is 9.53 Å². The predicted octanol–water partition coefficient (Wildman–Crippen LogP) is 2.28. The first-order valence-corrected chi connectivity index (χ1v) is 9.53. The lowest BCUT2D eigenvalue weighted by molar-refractivity contribution is 0.141. The van der Waals surface area contributed by atoms with Crippen LogP contribution in [0.2, 0.25) is 0 Å². The highest BCUT2D eigenvalue weighted by Gasteiger charge is 2.22. The molecule has 1 aliphatic heterocycles. The SMILES string of the molecule is COc1ccccc1NC(=O)N1CCN(Cc2nc3ccccc3c(=O)[nH]2)CC1. The summed E-state index contributed by atoms with van der Waals surface area (Å²) in [7, 11) is 1.58. The zero-order chi connectivity index (χ0) is 20.2. The van der Waals surface area contributed by atoms with Gasteiger partial charge in [-0.2, -0.15) is 0 Å². The third-order valence-corrected chi connectivity index (χ3v) is 5.04. The van der Waals surface area contributed by atoms with Crippen molar-refractivity contribution in [3.63, 3.8) is 0 Å². The fraction of sp³-hybridized carbons (Fsp3) is 0.286. The van der Waals surface area contributed by atoms with Crippen molar-refractivity contribution in [2.24, 2.45) is 0 Å². The second-order valence-electron chi connectivity index (χ2n) is 6.92. The average molecular weight is 393 g/mol. The number of piperazine rings is 1. The highest BCUT2D eigenvalue weighted by molar-refractivity contribution is 5.91. The minimum Gasteiger partial charge on any atom is -0.495 e. The molecule has 0 atom stereocenters. The van der Waals surface area contributed by atoms with E-state index in [1.54, 1.807) is 18.1 Å². The Bertz CT molecular complexity index is 1070. The number of rotatable bonds is 4. The van der Waals surface area contributed by atoms with Gasteiger partial charge in [-0.05, 0) is 24.3 Å². The van der Waals surface area contributed by atoms with E-state index in [9.17, 15) is 9.59 Å². The monoisotopic (exact) mass is 393 g/mol. The van der Waals surface area contributed by atoms with Crippen LogP contribution in [-0.2, 0) is 6.54 Å². The number of aromatic nitrogens is 2. The molecule has 2 amide bonds. The van der Waals surface area contributed by atoms with Gasteiger partial charge >= 0.3 is 6.03 Å². The van der Waals surface area contributed by atoms with Crippen LogP contribution in [0.25, 0.3) is 10.9 Å². The van der Waals surface area contributed by atoms with E-state index in [0.29, 0.717) is 60.9 Å². The Morgan fingerprint density at radius 3 is 2.62 bits per heavy atom. The topological polar surface area (TPSA) is 90.6 Å². The minimum absolute atomic E-state index is 0.125. The number of methoxy groups -OCH3 is 1. The molecule has 1 fully saturated rings. The Labute approximate surface area is 168 Å². The Morgan fingerprint density at radius 1 is 1.10 bits per heavy atom. The number of amides is 2. The number of fused-ring (bicyclic) bond motifs is 1. The van der Waals surface area contributed by atoms with Crippen molar-refractivity contribution in [3.05, 3.63) is 64.7 Å². The van der Waals surface area contributed by atoms with Crippen molar-refractivity contribution in [3.8, 4) is 5.75 Å². The van der Waals surface area contributed by atoms with E-state index in [1.165, 1.54) is 0 Å². The largest absolute Gasteiger partial charge is 0.495 e. The van der Waals surface area contributed by atoms with E-state index >= 15 is 0 Å². The summed E-state index contributed by atoms with van der Waals surface area (Å²) < 4.78 is 5.28. The van der Waals surface area contributed by atoms with E-state index < -0.39 is 0 Å². The van der Waals surface area contributed by atoms with Crippen molar-refractivity contribution in [1.29, 1.82) is 0 Å². The number of carbonyl (C=O) groups excluding carboxylic acids is 1. The van der Waals surface area contributed by atoms with Crippen molar-refractivity contribution >= 4 is 22.6 Å². The maximum absolute atomic E-state index is 12.6. The molecule has 8 heteroatoms. The normalized spacial score (nSPS) is 14.7. The van der Waals surface area contributed by atoms with Gasteiger partial charge in [0.15, 0.2) is 0 Å². The van der Waals surface area contributed by atoms with Crippen LogP contribution in [0.5, 0.6) is 5.75 Å². The fourth-order valence-corrected chi connectivity index (χ4v) is 3.47. The number of carbonyl (C=O) groups is 1. The third-order valence-electron chi connectivity index (χ3n) is 5.04. The van der Waals surface area contributed by atoms with Gasteiger partial charge in [0, 0.05) is 26.2 Å². The molecule has 0 saturated carbocycles. The van der Waals surface area contributed by atoms with Gasteiger partial charge in [0.05, 0.1) is 30.2 Å². The van der Waals surface area contributed by atoms with E-state index in [1.807, 2.05) is 42.5 Å². The van der Waals surface area contributed by atoms with Gasteiger partial charge in [-0.1, -0.05) is 24.3 Å². The fourth-order valence-electron chi connectivity index (χ4n) is 3.47. The highest BCUT2D eigenvalue weighted by atomic mass is 16.5. The van der Waals surface area contributed by atoms with Gasteiger partial charge in [-0.25, -0.2) is 9.78 Å². The van der Waals surface area contributed by atoms with E-state index in [0.717, 1.165) is 0 Å². The summed E-state index contributed by atoms with van der Waals surface area (Å²) >= 11 is 0. The highest BCUT2D eigenvalue weighted by Crippen LogP contribution is 2.23. The second kappa shape index (κ2) is 8.32. The van der Waals surface area contributed by atoms with Gasteiger partial charge in [0.2, 0.25) is 0 Å². The van der Waals surface area contributed by atoms with Crippen molar-refractivity contribution in [2.75, 3.05) is 38.6 Å². The van der Waals surface area contributed by atoms with E-state index in [2.05, 4.69) is 20.2 Å². The smallest absolute Gasteiger partial charge is 0.322 e. The molecule has 2 heterocycles. The molecule has 150 valence electrons. The molecule has 1 aromatic heterocycles. The summed E-state index contributed by atoms with van der Waals surface area (Å²) in [6.07, 6.45) is 0. The molecule has 2 aromatic carbocycles. The summed E-state index contributed by atoms with van der Waals surface area (Å²) in [5.41, 5.74) is 1.22. The maximum Gasteiger partial charge on any atom is 0.322 e. The molecule has 0 radical (unpaired) electrons. The number of para-hydroxylation sites is 3. The lowest BCUT2D eigenvalue weighted by Crippen LogP contribution is -2.49. The standard InChI is InChI=1S/C21H23N5O3/c1-29-18-9-5-4-8-17(18)23-21(28)26-12-10-25(11-13-26)14-19-22-16-7-3-2-6-15(16)20(27)24-19/h2-9H,10-14H2,1H3,(H,23,28)(H,22,24,27). The number of nitrogens with one attached hydrogen (secondary N) is 2. The molecule has 0 aliphatic carbocycles. The van der Waals surface area contributed by atoms with Crippen LogP contribution < -0.4 is 15.6 Å². The van der Waals surface area contributed by atoms with Crippen LogP contribution in [0.4, 0.5) is 10.5 Å². The van der Waals surface area contributed by atoms with E-state index in [-0.39, 0.29) is 11.6 Å². The predicted molar refractivity (Wildman–Crippen MR) is 111 cm³/mol. The second-order valence-corrected chi connectivity index (χ2v) is 6.92. The van der Waals surface area contributed by atoms with Crippen molar-refractivity contribution in [2.45, 2.75) is 6.54 Å². The van der Waals surface area contributed by atoms with E-state index in [4.69, 9.17) is 4.74 Å². The van der Waals surface area contributed by atoms with Gasteiger partial charge in [0.1, 0.15) is 11.6 Å². The summed E-state index contributed by atoms with van der Waals surface area (Å²) in [5.74, 6) is 1.27. The molecule has 0 spiro atoms. The number of hydrogen-bond donors (Lipinski definition) is 2. The van der Waals surface area contributed by atoms with Crippen LogP contribution in [0.1, 0.15) is 5.82 Å². The van der Waals surface area contributed by atoms with Crippen LogP contribution in [-0.4, -0.2) is 59.1 Å². The van der Waals surface area contributed by atoms with Crippen LogP contribution in [0.3, 0.4) is 0 Å². The number of H-pyrrole nitrogens is 1. The summed E-state index contributed by atoms with van der Waals surface area (Å²) in [4.78, 5) is 36.2. The first-order valence-electron chi connectivity index (χ1n) is 9.53. The molecular formula is C21H23N5O3.